The van der Waals surface area contributed by atoms with E-state index in [9.17, 15) is 0 Å². The van der Waals surface area contributed by atoms with Crippen LogP contribution in [0.1, 0.15) is 18.4 Å². The van der Waals surface area contributed by atoms with Crippen molar-refractivity contribution in [2.45, 2.75) is 19.8 Å². The van der Waals surface area contributed by atoms with Crippen molar-refractivity contribution in [2.24, 2.45) is 5.84 Å². The lowest BCUT2D eigenvalue weighted by Gasteiger charge is -2.16. The minimum atomic E-state index is 0.658. The first-order valence-corrected chi connectivity index (χ1v) is 7.86. The minimum Gasteiger partial charge on any atom is -0.357 e. The third-order valence-electron chi connectivity index (χ3n) is 3.98. The summed E-state index contributed by atoms with van der Waals surface area (Å²) in [5.74, 6) is 7.27. The fourth-order valence-electron chi connectivity index (χ4n) is 2.94. The average molecular weight is 300 g/mol. The molecule has 0 aliphatic carbocycles. The van der Waals surface area contributed by atoms with E-state index in [2.05, 4.69) is 33.3 Å². The summed E-state index contributed by atoms with van der Waals surface area (Å²) < 4.78 is 0.962. The minimum absolute atomic E-state index is 0.658. The number of nitrogens with two attached hydrogens (primary N) is 1. The maximum absolute atomic E-state index is 5.54. The zero-order valence-corrected chi connectivity index (χ0v) is 12.6. The number of fused-ring (bicyclic) bond motifs is 3. The Hall–Kier alpha value is -1.99. The van der Waals surface area contributed by atoms with E-state index in [1.165, 1.54) is 24.7 Å². The van der Waals surface area contributed by atoms with E-state index >= 15 is 0 Å². The Bertz CT molecular complexity index is 821. The van der Waals surface area contributed by atoms with E-state index < -0.39 is 0 Å². The van der Waals surface area contributed by atoms with Gasteiger partial charge in [0.15, 0.2) is 5.82 Å². The van der Waals surface area contributed by atoms with Gasteiger partial charge in [-0.1, -0.05) is 0 Å². The van der Waals surface area contributed by atoms with Crippen LogP contribution in [0.5, 0.6) is 0 Å². The van der Waals surface area contributed by atoms with Crippen LogP contribution in [0.15, 0.2) is 12.4 Å². The summed E-state index contributed by atoms with van der Waals surface area (Å²) in [5.41, 5.74) is 4.77. The molecule has 3 aromatic rings. The van der Waals surface area contributed by atoms with Gasteiger partial charge in [-0.05, 0) is 31.4 Å². The molecule has 1 aliphatic rings. The first-order valence-electron chi connectivity index (χ1n) is 7.04. The number of aryl methyl sites for hydroxylation is 1. The SMILES string of the molecule is Cc1cc(N2CCCC2)nc2sc3c(NN)ncnc3c12. The third-order valence-corrected chi connectivity index (χ3v) is 5.06. The van der Waals surface area contributed by atoms with Gasteiger partial charge < -0.3 is 10.3 Å². The van der Waals surface area contributed by atoms with Gasteiger partial charge in [-0.15, -0.1) is 11.3 Å². The van der Waals surface area contributed by atoms with Crippen LogP contribution in [0.4, 0.5) is 11.6 Å². The van der Waals surface area contributed by atoms with Crippen LogP contribution >= 0.6 is 11.3 Å². The maximum atomic E-state index is 5.54. The number of anilines is 2. The lowest BCUT2D eigenvalue weighted by Crippen LogP contribution is -2.18. The van der Waals surface area contributed by atoms with Gasteiger partial charge in [0, 0.05) is 18.5 Å². The molecule has 0 amide bonds. The molecule has 3 aromatic heterocycles. The van der Waals surface area contributed by atoms with Crippen molar-refractivity contribution in [3.63, 3.8) is 0 Å². The number of nitrogens with one attached hydrogen (secondary N) is 1. The van der Waals surface area contributed by atoms with Crippen LogP contribution in [0.2, 0.25) is 0 Å². The van der Waals surface area contributed by atoms with Crippen LogP contribution in [0.25, 0.3) is 20.4 Å². The Morgan fingerprint density at radius 1 is 1.29 bits per heavy atom. The first-order chi connectivity index (χ1) is 10.3. The molecule has 0 spiro atoms. The largest absolute Gasteiger partial charge is 0.357 e. The second kappa shape index (κ2) is 4.78. The quantitative estimate of drug-likeness (QED) is 0.559. The topological polar surface area (TPSA) is 80.0 Å². The van der Waals surface area contributed by atoms with Crippen molar-refractivity contribution < 1.29 is 0 Å². The number of pyridine rings is 1. The van der Waals surface area contributed by atoms with Gasteiger partial charge in [0.2, 0.25) is 0 Å². The van der Waals surface area contributed by atoms with Crippen molar-refractivity contribution in [1.29, 1.82) is 0 Å². The molecule has 4 heterocycles. The predicted molar refractivity (Wildman–Crippen MR) is 86.7 cm³/mol. The summed E-state index contributed by atoms with van der Waals surface area (Å²) in [7, 11) is 0. The smallest absolute Gasteiger partial charge is 0.161 e. The second-order valence-electron chi connectivity index (χ2n) is 5.32. The lowest BCUT2D eigenvalue weighted by molar-refractivity contribution is 0.943. The molecule has 1 saturated heterocycles. The highest BCUT2D eigenvalue weighted by Crippen LogP contribution is 2.37. The average Bonchev–Trinajstić information content (AvgIpc) is 3.13. The predicted octanol–water partition coefficient (Wildman–Crippen LogP) is 2.43. The van der Waals surface area contributed by atoms with E-state index in [1.807, 2.05) is 0 Å². The van der Waals surface area contributed by atoms with Crippen molar-refractivity contribution in [2.75, 3.05) is 23.4 Å². The summed E-state index contributed by atoms with van der Waals surface area (Å²) in [6, 6.07) is 2.16. The number of aromatic nitrogens is 3. The molecule has 6 nitrogen and oxygen atoms in total. The zero-order valence-electron chi connectivity index (χ0n) is 11.8. The standard InChI is InChI=1S/C14H16N6S/c1-8-6-9(20-4-2-3-5-20)18-14-10(8)11-12(21-14)13(19-15)17-7-16-11/h6-7H,2-5,15H2,1H3,(H,16,17,19). The van der Waals surface area contributed by atoms with Crippen molar-refractivity contribution in [1.82, 2.24) is 15.0 Å². The van der Waals surface area contributed by atoms with Crippen molar-refractivity contribution in [3.8, 4) is 0 Å². The van der Waals surface area contributed by atoms with Crippen LogP contribution < -0.4 is 16.2 Å². The summed E-state index contributed by atoms with van der Waals surface area (Å²) in [4.78, 5) is 16.8. The molecular weight excluding hydrogens is 284 g/mol. The van der Waals surface area contributed by atoms with E-state index in [1.54, 1.807) is 11.3 Å². The fourth-order valence-corrected chi connectivity index (χ4v) is 4.10. The number of hydrogen-bond donors (Lipinski definition) is 2. The molecule has 7 heteroatoms. The lowest BCUT2D eigenvalue weighted by atomic mass is 10.2. The molecular formula is C14H16N6S. The number of hydrazine groups is 1. The Kier molecular flexibility index (Phi) is 2.90. The number of hydrogen-bond acceptors (Lipinski definition) is 7. The van der Waals surface area contributed by atoms with Gasteiger partial charge in [-0.25, -0.2) is 20.8 Å². The maximum Gasteiger partial charge on any atom is 0.161 e. The van der Waals surface area contributed by atoms with Crippen LogP contribution in [-0.2, 0) is 0 Å². The highest BCUT2D eigenvalue weighted by atomic mass is 32.1. The molecule has 4 rings (SSSR count). The molecule has 0 saturated carbocycles. The summed E-state index contributed by atoms with van der Waals surface area (Å²) in [6.07, 6.45) is 4.04. The third kappa shape index (κ3) is 1.92. The highest BCUT2D eigenvalue weighted by molar-refractivity contribution is 7.26. The monoisotopic (exact) mass is 300 g/mol. The molecule has 3 N–H and O–H groups in total. The van der Waals surface area contributed by atoms with Gasteiger partial charge in [-0.2, -0.15) is 0 Å². The van der Waals surface area contributed by atoms with E-state index in [4.69, 9.17) is 10.8 Å². The number of thiophene rings is 1. The second-order valence-corrected chi connectivity index (χ2v) is 6.32. The van der Waals surface area contributed by atoms with Crippen molar-refractivity contribution in [3.05, 3.63) is 18.0 Å². The van der Waals surface area contributed by atoms with E-state index in [0.717, 1.165) is 39.3 Å². The molecule has 21 heavy (non-hydrogen) atoms. The van der Waals surface area contributed by atoms with Crippen LogP contribution in [0, 0.1) is 6.92 Å². The van der Waals surface area contributed by atoms with Crippen molar-refractivity contribution >= 4 is 43.4 Å². The molecule has 108 valence electrons. The van der Waals surface area contributed by atoms with Gasteiger partial charge in [0.25, 0.3) is 0 Å². The number of nitrogens with zero attached hydrogens (tertiary/aromatic N) is 4. The Balaban J connectivity index is 1.98. The van der Waals surface area contributed by atoms with Gasteiger partial charge in [-0.3, -0.25) is 0 Å². The molecule has 1 fully saturated rings. The molecule has 1 aliphatic heterocycles. The Morgan fingerprint density at radius 3 is 2.86 bits per heavy atom. The van der Waals surface area contributed by atoms with Crippen LogP contribution in [-0.4, -0.2) is 28.0 Å². The Labute approximate surface area is 126 Å². The molecule has 0 aromatic carbocycles. The highest BCUT2D eigenvalue weighted by Gasteiger charge is 2.18. The number of rotatable bonds is 2. The van der Waals surface area contributed by atoms with Crippen LogP contribution in [0.3, 0.4) is 0 Å². The van der Waals surface area contributed by atoms with E-state index in [0.29, 0.717) is 5.82 Å². The summed E-state index contributed by atoms with van der Waals surface area (Å²) in [6.45, 7) is 4.31. The zero-order chi connectivity index (χ0) is 14.4. The normalized spacial score (nSPS) is 15.2. The van der Waals surface area contributed by atoms with Gasteiger partial charge in [0.1, 0.15) is 17.0 Å². The van der Waals surface area contributed by atoms with Gasteiger partial charge >= 0.3 is 0 Å². The van der Waals surface area contributed by atoms with Gasteiger partial charge in [0.05, 0.1) is 10.2 Å². The molecule has 0 bridgehead atoms. The molecule has 0 atom stereocenters. The summed E-state index contributed by atoms with van der Waals surface area (Å²) in [5, 5.41) is 1.11. The number of nitrogen functional groups attached to an aromatic ring is 1. The fraction of sp³-hybridized carbons (Fsp3) is 0.357. The molecule has 0 unspecified atom stereocenters. The first kappa shape index (κ1) is 12.7. The Morgan fingerprint density at radius 2 is 2.10 bits per heavy atom. The van der Waals surface area contributed by atoms with E-state index in [-0.39, 0.29) is 0 Å². The summed E-state index contributed by atoms with van der Waals surface area (Å²) >= 11 is 1.59. The molecule has 0 radical (unpaired) electrons.